The van der Waals surface area contributed by atoms with Gasteiger partial charge >= 0.3 is 0 Å². The number of carbonyl (C=O) groups excluding carboxylic acids is 1. The van der Waals surface area contributed by atoms with Crippen LogP contribution in [0.5, 0.6) is 0 Å². The first kappa shape index (κ1) is 22.0. The molecule has 3 aromatic rings. The average Bonchev–Trinajstić information content (AvgIpc) is 2.84. The fourth-order valence-electron chi connectivity index (χ4n) is 4.48. The highest BCUT2D eigenvalue weighted by molar-refractivity contribution is 5.79. The second kappa shape index (κ2) is 10.4. The van der Waals surface area contributed by atoms with Gasteiger partial charge in [0.1, 0.15) is 5.82 Å². The highest BCUT2D eigenvalue weighted by Crippen LogP contribution is 2.30. The van der Waals surface area contributed by atoms with Crippen molar-refractivity contribution in [2.24, 2.45) is 17.6 Å². The van der Waals surface area contributed by atoms with Crippen molar-refractivity contribution in [1.29, 1.82) is 0 Å². The highest BCUT2D eigenvalue weighted by atomic mass is 16.1. The average molecular weight is 430 g/mol. The molecule has 0 bridgehead atoms. The summed E-state index contributed by atoms with van der Waals surface area (Å²) >= 11 is 0. The van der Waals surface area contributed by atoms with E-state index in [0.29, 0.717) is 24.7 Å². The Bertz CT molecular complexity index is 1030. The van der Waals surface area contributed by atoms with Crippen LogP contribution in [0.15, 0.2) is 67.0 Å². The number of nitrogens with zero attached hydrogens (tertiary/aromatic N) is 2. The molecule has 2 aromatic heterocycles. The van der Waals surface area contributed by atoms with Gasteiger partial charge in [-0.2, -0.15) is 0 Å². The lowest BCUT2D eigenvalue weighted by molar-refractivity contribution is -0.127. The molecule has 166 valence electrons. The third kappa shape index (κ3) is 5.51. The standard InChI is InChI=1S/C26H31N5O/c27-17-19-6-8-20(9-7-19)26(32)31-24(14-18-4-2-1-3-5-18)21-10-12-29-23(15-21)22-11-13-30-25(28)16-22/h1-5,10-13,15-16,19-20,24H,6-9,14,17,27H2,(H2,28,30)(H,31,32)/t19-,20-,24?. The number of nitrogens with two attached hydrogens (primary N) is 2. The van der Waals surface area contributed by atoms with E-state index in [2.05, 4.69) is 27.4 Å². The van der Waals surface area contributed by atoms with E-state index >= 15 is 0 Å². The number of hydrogen-bond donors (Lipinski definition) is 3. The van der Waals surface area contributed by atoms with Crippen LogP contribution >= 0.6 is 0 Å². The van der Waals surface area contributed by atoms with Crippen molar-refractivity contribution in [3.05, 3.63) is 78.1 Å². The molecule has 0 radical (unpaired) electrons. The van der Waals surface area contributed by atoms with Gasteiger partial charge in [-0.1, -0.05) is 30.3 Å². The summed E-state index contributed by atoms with van der Waals surface area (Å²) in [6.45, 7) is 0.713. The summed E-state index contributed by atoms with van der Waals surface area (Å²) in [6, 6.07) is 17.8. The van der Waals surface area contributed by atoms with Crippen LogP contribution in [-0.2, 0) is 11.2 Å². The predicted molar refractivity (Wildman–Crippen MR) is 127 cm³/mol. The van der Waals surface area contributed by atoms with Crippen LogP contribution in [0.25, 0.3) is 11.3 Å². The smallest absolute Gasteiger partial charge is 0.223 e. The first-order valence-corrected chi connectivity index (χ1v) is 11.3. The van der Waals surface area contributed by atoms with E-state index in [1.807, 2.05) is 42.5 Å². The molecule has 1 aliphatic rings. The Morgan fingerprint density at radius 3 is 2.47 bits per heavy atom. The van der Waals surface area contributed by atoms with E-state index < -0.39 is 0 Å². The molecule has 32 heavy (non-hydrogen) atoms. The van der Waals surface area contributed by atoms with Crippen molar-refractivity contribution in [3.8, 4) is 11.3 Å². The van der Waals surface area contributed by atoms with Crippen LogP contribution in [-0.4, -0.2) is 22.4 Å². The van der Waals surface area contributed by atoms with E-state index in [1.165, 1.54) is 5.56 Å². The van der Waals surface area contributed by atoms with Gasteiger partial charge in [0.15, 0.2) is 0 Å². The van der Waals surface area contributed by atoms with Crippen LogP contribution in [0, 0.1) is 11.8 Å². The molecule has 0 spiro atoms. The molecule has 1 saturated carbocycles. The maximum Gasteiger partial charge on any atom is 0.223 e. The van der Waals surface area contributed by atoms with Crippen molar-refractivity contribution in [2.45, 2.75) is 38.1 Å². The Morgan fingerprint density at radius 1 is 1.00 bits per heavy atom. The molecule has 0 aliphatic heterocycles. The maximum absolute atomic E-state index is 13.2. The number of anilines is 1. The fraction of sp³-hybridized carbons (Fsp3) is 0.346. The van der Waals surface area contributed by atoms with Gasteiger partial charge in [-0.05, 0) is 80.0 Å². The molecule has 6 heteroatoms. The van der Waals surface area contributed by atoms with Gasteiger partial charge in [-0.25, -0.2) is 4.98 Å². The van der Waals surface area contributed by atoms with E-state index in [4.69, 9.17) is 11.5 Å². The molecule has 1 aromatic carbocycles. The van der Waals surface area contributed by atoms with Crippen molar-refractivity contribution in [2.75, 3.05) is 12.3 Å². The summed E-state index contributed by atoms with van der Waals surface area (Å²) in [5.74, 6) is 1.19. The van der Waals surface area contributed by atoms with Gasteiger partial charge in [0.25, 0.3) is 0 Å². The van der Waals surface area contributed by atoms with Crippen molar-refractivity contribution in [3.63, 3.8) is 0 Å². The molecular weight excluding hydrogens is 398 g/mol. The third-order valence-corrected chi connectivity index (χ3v) is 6.41. The van der Waals surface area contributed by atoms with Gasteiger partial charge in [-0.15, -0.1) is 0 Å². The lowest BCUT2D eigenvalue weighted by Gasteiger charge is -2.29. The third-order valence-electron chi connectivity index (χ3n) is 6.41. The van der Waals surface area contributed by atoms with Crippen LogP contribution in [0.3, 0.4) is 0 Å². The first-order valence-electron chi connectivity index (χ1n) is 11.3. The lowest BCUT2D eigenvalue weighted by Crippen LogP contribution is -2.37. The SMILES string of the molecule is NC[C@H]1CC[C@H](C(=O)NC(Cc2ccccc2)c2ccnc(-c3ccnc(N)c3)c2)CC1. The molecule has 4 rings (SSSR count). The van der Waals surface area contributed by atoms with E-state index in [-0.39, 0.29) is 17.9 Å². The number of amides is 1. The summed E-state index contributed by atoms with van der Waals surface area (Å²) in [4.78, 5) is 21.8. The zero-order valence-corrected chi connectivity index (χ0v) is 18.3. The van der Waals surface area contributed by atoms with E-state index in [9.17, 15) is 4.79 Å². The van der Waals surface area contributed by atoms with Crippen LogP contribution in [0.1, 0.15) is 42.9 Å². The molecule has 0 saturated heterocycles. The Morgan fingerprint density at radius 2 is 1.75 bits per heavy atom. The van der Waals surface area contributed by atoms with Crippen molar-refractivity contribution >= 4 is 11.7 Å². The number of nitrogen functional groups attached to an aromatic ring is 1. The Labute approximate surface area is 189 Å². The van der Waals surface area contributed by atoms with Crippen molar-refractivity contribution < 1.29 is 4.79 Å². The number of aromatic nitrogens is 2. The quantitative estimate of drug-likeness (QED) is 0.528. The zero-order valence-electron chi connectivity index (χ0n) is 18.3. The normalized spacial score (nSPS) is 19.3. The number of benzene rings is 1. The van der Waals surface area contributed by atoms with Gasteiger partial charge in [0.05, 0.1) is 11.7 Å². The molecule has 1 amide bonds. The number of pyridine rings is 2. The Hall–Kier alpha value is -3.25. The molecule has 2 heterocycles. The number of carbonyl (C=O) groups is 1. The number of hydrogen-bond acceptors (Lipinski definition) is 5. The molecule has 1 fully saturated rings. The Balaban J connectivity index is 1.57. The first-order chi connectivity index (χ1) is 15.6. The molecule has 6 nitrogen and oxygen atoms in total. The van der Waals surface area contributed by atoms with Crippen LogP contribution in [0.2, 0.25) is 0 Å². The summed E-state index contributed by atoms with van der Waals surface area (Å²) in [6.07, 6.45) is 8.05. The summed E-state index contributed by atoms with van der Waals surface area (Å²) in [5.41, 5.74) is 15.6. The van der Waals surface area contributed by atoms with Gasteiger partial charge in [-0.3, -0.25) is 9.78 Å². The largest absolute Gasteiger partial charge is 0.384 e. The van der Waals surface area contributed by atoms with Gasteiger partial charge in [0.2, 0.25) is 5.91 Å². The van der Waals surface area contributed by atoms with E-state index in [0.717, 1.165) is 42.5 Å². The molecule has 1 atom stereocenters. The fourth-order valence-corrected chi connectivity index (χ4v) is 4.48. The summed E-state index contributed by atoms with van der Waals surface area (Å²) in [5, 5.41) is 3.34. The second-order valence-corrected chi connectivity index (χ2v) is 8.65. The highest BCUT2D eigenvalue weighted by Gasteiger charge is 2.27. The van der Waals surface area contributed by atoms with E-state index in [1.54, 1.807) is 12.4 Å². The van der Waals surface area contributed by atoms with Crippen LogP contribution < -0.4 is 16.8 Å². The zero-order chi connectivity index (χ0) is 22.3. The lowest BCUT2D eigenvalue weighted by atomic mass is 9.81. The minimum absolute atomic E-state index is 0.0531. The molecule has 5 N–H and O–H groups in total. The van der Waals surface area contributed by atoms with Crippen LogP contribution in [0.4, 0.5) is 5.82 Å². The predicted octanol–water partition coefficient (Wildman–Crippen LogP) is 3.89. The number of rotatable bonds is 7. The minimum atomic E-state index is -0.141. The second-order valence-electron chi connectivity index (χ2n) is 8.65. The Kier molecular flexibility index (Phi) is 7.12. The van der Waals surface area contributed by atoms with Gasteiger partial charge < -0.3 is 16.8 Å². The minimum Gasteiger partial charge on any atom is -0.384 e. The summed E-state index contributed by atoms with van der Waals surface area (Å²) in [7, 11) is 0. The number of nitrogens with one attached hydrogen (secondary N) is 1. The monoisotopic (exact) mass is 429 g/mol. The molecular formula is C26H31N5O. The summed E-state index contributed by atoms with van der Waals surface area (Å²) < 4.78 is 0. The molecule has 1 unspecified atom stereocenters. The maximum atomic E-state index is 13.2. The molecule has 1 aliphatic carbocycles. The van der Waals surface area contributed by atoms with Crippen molar-refractivity contribution in [1.82, 2.24) is 15.3 Å². The van der Waals surface area contributed by atoms with Gasteiger partial charge in [0, 0.05) is 23.9 Å². The topological polar surface area (TPSA) is 107 Å².